The number of thioether (sulfide) groups is 1. The Morgan fingerprint density at radius 2 is 1.76 bits per heavy atom. The fourth-order valence-electron chi connectivity index (χ4n) is 6.03. The molecule has 25 heavy (non-hydrogen) atoms. The number of rotatable bonds is 2. The lowest BCUT2D eigenvalue weighted by atomic mass is 9.54. The van der Waals surface area contributed by atoms with Gasteiger partial charge in [0, 0.05) is 16.7 Å². The maximum atomic E-state index is 13.6. The molecule has 2 amide bonds. The number of hydrogen-bond donors (Lipinski definition) is 2. The van der Waals surface area contributed by atoms with Gasteiger partial charge in [-0.05, 0) is 86.0 Å². The Morgan fingerprint density at radius 3 is 2.48 bits per heavy atom. The van der Waals surface area contributed by atoms with Crippen molar-refractivity contribution in [3.8, 4) is 0 Å². The average molecular weight is 360 g/mol. The Kier molecular flexibility index (Phi) is 3.95. The van der Waals surface area contributed by atoms with Crippen molar-refractivity contribution in [2.24, 2.45) is 23.7 Å². The lowest BCUT2D eigenvalue weighted by molar-refractivity contribution is -0.00953. The summed E-state index contributed by atoms with van der Waals surface area (Å²) in [7, 11) is 0. The highest BCUT2D eigenvalue weighted by molar-refractivity contribution is 7.99. The second-order valence-corrected chi connectivity index (χ2v) is 9.58. The molecule has 4 saturated carbocycles. The molecular weight excluding hydrogens is 335 g/mol. The minimum Gasteiger partial charge on any atom is -0.335 e. The molecule has 1 unspecified atom stereocenters. The van der Waals surface area contributed by atoms with E-state index in [2.05, 4.69) is 10.6 Å². The Labute approximate surface area is 152 Å². The van der Waals surface area contributed by atoms with Gasteiger partial charge in [0.05, 0.1) is 6.04 Å². The van der Waals surface area contributed by atoms with Crippen LogP contribution < -0.4 is 10.6 Å². The molecule has 1 aromatic rings. The summed E-state index contributed by atoms with van der Waals surface area (Å²) in [6, 6.07) is 5.11. The van der Waals surface area contributed by atoms with Crippen LogP contribution in [0.3, 0.4) is 0 Å². The minimum absolute atomic E-state index is 0.0652. The molecular formula is C20H25FN2OS. The van der Waals surface area contributed by atoms with Crippen molar-refractivity contribution in [1.82, 2.24) is 10.6 Å². The topological polar surface area (TPSA) is 41.1 Å². The van der Waals surface area contributed by atoms with E-state index in [0.717, 1.165) is 34.5 Å². The number of carbonyl (C=O) groups is 1. The summed E-state index contributed by atoms with van der Waals surface area (Å²) < 4.78 is 13.6. The third-order valence-electron chi connectivity index (χ3n) is 6.84. The summed E-state index contributed by atoms with van der Waals surface area (Å²) in [5.41, 5.74) is 0.927. The highest BCUT2D eigenvalue weighted by atomic mass is 32.2. The van der Waals surface area contributed by atoms with Gasteiger partial charge in [0.15, 0.2) is 0 Å². The Balaban J connectivity index is 1.27. The van der Waals surface area contributed by atoms with Gasteiger partial charge in [0.1, 0.15) is 5.82 Å². The fourth-order valence-corrected chi connectivity index (χ4v) is 7.13. The largest absolute Gasteiger partial charge is 0.335 e. The van der Waals surface area contributed by atoms with Crippen molar-refractivity contribution in [2.75, 3.05) is 5.75 Å². The second-order valence-electron chi connectivity index (χ2n) is 8.45. The van der Waals surface area contributed by atoms with Crippen LogP contribution in [0.25, 0.3) is 0 Å². The molecule has 5 heteroatoms. The first-order valence-corrected chi connectivity index (χ1v) is 10.6. The van der Waals surface area contributed by atoms with Crippen LogP contribution in [0.4, 0.5) is 9.18 Å². The van der Waals surface area contributed by atoms with Gasteiger partial charge in [-0.3, -0.25) is 0 Å². The Morgan fingerprint density at radius 1 is 1.04 bits per heavy atom. The van der Waals surface area contributed by atoms with Gasteiger partial charge in [-0.15, -0.1) is 11.8 Å². The first-order valence-electron chi connectivity index (χ1n) is 9.65. The zero-order chi connectivity index (χ0) is 17.0. The predicted octanol–water partition coefficient (Wildman–Crippen LogP) is 4.49. The van der Waals surface area contributed by atoms with E-state index in [4.69, 9.17) is 0 Å². The summed E-state index contributed by atoms with van der Waals surface area (Å²) in [5.74, 6) is 3.90. The van der Waals surface area contributed by atoms with Crippen LogP contribution in [0.1, 0.15) is 50.1 Å². The Bertz CT molecular complexity index is 666. The quantitative estimate of drug-likeness (QED) is 0.816. The number of halogens is 1. The second kappa shape index (κ2) is 6.19. The molecule has 3 nitrogen and oxygen atoms in total. The monoisotopic (exact) mass is 360 g/mol. The zero-order valence-corrected chi connectivity index (χ0v) is 15.2. The highest BCUT2D eigenvalue weighted by Gasteiger charge is 2.48. The molecule has 1 aromatic carbocycles. The summed E-state index contributed by atoms with van der Waals surface area (Å²) in [5, 5.41) is 6.44. The van der Waals surface area contributed by atoms with E-state index in [9.17, 15) is 9.18 Å². The number of carbonyl (C=O) groups excluding carboxylic acids is 1. The molecule has 1 aliphatic heterocycles. The normalized spacial score (nSPS) is 38.3. The van der Waals surface area contributed by atoms with Crippen molar-refractivity contribution >= 4 is 17.8 Å². The maximum absolute atomic E-state index is 13.6. The summed E-state index contributed by atoms with van der Waals surface area (Å²) in [6.45, 7) is 0. The van der Waals surface area contributed by atoms with Crippen LogP contribution in [0.15, 0.2) is 23.1 Å². The number of benzene rings is 1. The van der Waals surface area contributed by atoms with E-state index in [1.165, 1.54) is 38.2 Å². The number of urea groups is 1. The molecule has 134 valence electrons. The van der Waals surface area contributed by atoms with E-state index in [1.807, 2.05) is 6.07 Å². The highest BCUT2D eigenvalue weighted by Crippen LogP contribution is 2.53. The fraction of sp³-hybridized carbons (Fsp3) is 0.650. The van der Waals surface area contributed by atoms with E-state index in [0.29, 0.717) is 17.9 Å². The van der Waals surface area contributed by atoms with Crippen molar-refractivity contribution < 1.29 is 9.18 Å². The molecule has 4 bridgehead atoms. The van der Waals surface area contributed by atoms with Crippen molar-refractivity contribution in [2.45, 2.75) is 55.5 Å². The molecule has 6 rings (SSSR count). The minimum atomic E-state index is -0.227. The third kappa shape index (κ3) is 2.94. The number of fused-ring (bicyclic) bond motifs is 1. The lowest BCUT2D eigenvalue weighted by Crippen LogP contribution is -2.57. The van der Waals surface area contributed by atoms with Gasteiger partial charge in [-0.1, -0.05) is 0 Å². The van der Waals surface area contributed by atoms with Gasteiger partial charge < -0.3 is 10.6 Å². The number of nitrogens with one attached hydrogen (secondary N) is 2. The SMILES string of the molecule is O=C(NC1CCSc2ccc(F)cc21)NC1C2CC3CC(C2)CC1C3. The van der Waals surface area contributed by atoms with Crippen LogP contribution in [-0.4, -0.2) is 17.8 Å². The third-order valence-corrected chi connectivity index (χ3v) is 7.96. The standard InChI is InChI=1S/C20H25FN2OS/c21-15-1-2-18-16(10-15)17(3-4-25-18)22-20(24)23-19-13-6-11-5-12(8-13)9-14(19)7-11/h1-2,10-14,17,19H,3-9H2,(H2,22,23,24). The van der Waals surface area contributed by atoms with Gasteiger partial charge in [-0.2, -0.15) is 0 Å². The molecule has 0 saturated heterocycles. The smallest absolute Gasteiger partial charge is 0.315 e. The summed E-state index contributed by atoms with van der Waals surface area (Å²) >= 11 is 1.74. The van der Waals surface area contributed by atoms with Gasteiger partial charge >= 0.3 is 6.03 Å². The first-order chi connectivity index (χ1) is 12.2. The molecule has 4 aliphatic carbocycles. The molecule has 5 aliphatic rings. The van der Waals surface area contributed by atoms with E-state index in [1.54, 1.807) is 17.8 Å². The summed E-state index contributed by atoms with van der Waals surface area (Å²) in [6.07, 6.45) is 7.47. The molecule has 4 fully saturated rings. The Hall–Kier alpha value is -1.23. The molecule has 1 atom stereocenters. The van der Waals surface area contributed by atoms with Crippen molar-refractivity contribution in [3.05, 3.63) is 29.6 Å². The average Bonchev–Trinajstić information content (AvgIpc) is 2.58. The van der Waals surface area contributed by atoms with E-state index < -0.39 is 0 Å². The number of amides is 2. The molecule has 0 radical (unpaired) electrons. The maximum Gasteiger partial charge on any atom is 0.315 e. The van der Waals surface area contributed by atoms with Crippen molar-refractivity contribution in [1.29, 1.82) is 0 Å². The predicted molar refractivity (Wildman–Crippen MR) is 97.0 cm³/mol. The number of hydrogen-bond acceptors (Lipinski definition) is 2. The van der Waals surface area contributed by atoms with Crippen LogP contribution in [0.2, 0.25) is 0 Å². The molecule has 1 heterocycles. The summed E-state index contributed by atoms with van der Waals surface area (Å²) in [4.78, 5) is 13.8. The van der Waals surface area contributed by atoms with E-state index >= 15 is 0 Å². The van der Waals surface area contributed by atoms with Crippen LogP contribution in [0, 0.1) is 29.5 Å². The van der Waals surface area contributed by atoms with Crippen LogP contribution in [-0.2, 0) is 0 Å². The van der Waals surface area contributed by atoms with Crippen LogP contribution in [0.5, 0.6) is 0 Å². The van der Waals surface area contributed by atoms with Crippen LogP contribution >= 0.6 is 11.8 Å². The van der Waals surface area contributed by atoms with Crippen molar-refractivity contribution in [3.63, 3.8) is 0 Å². The molecule has 0 spiro atoms. The van der Waals surface area contributed by atoms with Gasteiger partial charge in [0.2, 0.25) is 0 Å². The van der Waals surface area contributed by atoms with Gasteiger partial charge in [0.25, 0.3) is 0 Å². The molecule has 0 aromatic heterocycles. The van der Waals surface area contributed by atoms with Gasteiger partial charge in [-0.25, -0.2) is 9.18 Å². The zero-order valence-electron chi connectivity index (χ0n) is 14.3. The first kappa shape index (κ1) is 16.0. The van der Waals surface area contributed by atoms with E-state index in [-0.39, 0.29) is 17.9 Å². The molecule has 2 N–H and O–H groups in total. The lowest BCUT2D eigenvalue weighted by Gasteiger charge is -2.54.